The first-order chi connectivity index (χ1) is 6.98. The number of hydrogen-bond acceptors (Lipinski definition) is 0. The molecule has 0 nitrogen and oxygen atoms in total. The van der Waals surface area contributed by atoms with Crippen LogP contribution in [0.4, 0.5) is 0 Å². The number of allylic oxidation sites excluding steroid dienone is 2. The first-order valence-electron chi connectivity index (χ1n) is 5.48. The first-order valence-corrected chi connectivity index (χ1v) is 5.48. The van der Waals surface area contributed by atoms with Crippen LogP contribution in [0.2, 0.25) is 0 Å². The Balaban J connectivity index is 2.58. The fraction of sp³-hybridized carbons (Fsp3) is 0.333. The minimum absolute atomic E-state index is 0.167. The second-order valence-electron chi connectivity index (χ2n) is 5.05. The van der Waals surface area contributed by atoms with Gasteiger partial charge in [0.15, 0.2) is 0 Å². The van der Waals surface area contributed by atoms with Crippen LogP contribution in [0.25, 0.3) is 12.2 Å². The summed E-state index contributed by atoms with van der Waals surface area (Å²) in [6, 6.07) is 4.54. The van der Waals surface area contributed by atoms with Gasteiger partial charge >= 0.3 is 0 Å². The van der Waals surface area contributed by atoms with E-state index in [1.807, 2.05) is 0 Å². The van der Waals surface area contributed by atoms with Crippen molar-refractivity contribution in [1.82, 2.24) is 0 Å². The molecule has 0 aromatic heterocycles. The predicted molar refractivity (Wildman–Crippen MR) is 67.8 cm³/mol. The molecule has 0 unspecified atom stereocenters. The highest BCUT2D eigenvalue weighted by Crippen LogP contribution is 2.28. The lowest BCUT2D eigenvalue weighted by Crippen LogP contribution is -1.99. The van der Waals surface area contributed by atoms with E-state index in [4.69, 9.17) is 0 Å². The van der Waals surface area contributed by atoms with Gasteiger partial charge in [-0.25, -0.2) is 0 Å². The van der Waals surface area contributed by atoms with Crippen molar-refractivity contribution in [3.05, 3.63) is 46.5 Å². The summed E-state index contributed by atoms with van der Waals surface area (Å²) in [5.41, 5.74) is 5.57. The smallest absolute Gasteiger partial charge is 0.00111 e. The fourth-order valence-electron chi connectivity index (χ4n) is 1.81. The van der Waals surface area contributed by atoms with Gasteiger partial charge in [0.25, 0.3) is 0 Å². The molecule has 1 aromatic carbocycles. The van der Waals surface area contributed by atoms with Gasteiger partial charge in [0.2, 0.25) is 0 Å². The summed E-state index contributed by atoms with van der Waals surface area (Å²) in [6.45, 7) is 8.80. The minimum Gasteiger partial charge on any atom is -0.0745 e. The van der Waals surface area contributed by atoms with Gasteiger partial charge in [-0.2, -0.15) is 0 Å². The van der Waals surface area contributed by atoms with Gasteiger partial charge in [-0.1, -0.05) is 50.3 Å². The van der Waals surface area contributed by atoms with Gasteiger partial charge in [0, 0.05) is 5.41 Å². The van der Waals surface area contributed by atoms with E-state index in [1.54, 1.807) is 0 Å². The largest absolute Gasteiger partial charge is 0.0745 e. The Hall–Kier alpha value is -1.30. The van der Waals surface area contributed by atoms with Crippen LogP contribution in [0.1, 0.15) is 36.1 Å². The highest BCUT2D eigenvalue weighted by Gasteiger charge is 2.12. The summed E-state index contributed by atoms with van der Waals surface area (Å²) in [4.78, 5) is 0. The fourth-order valence-corrected chi connectivity index (χ4v) is 1.81. The Morgan fingerprint density at radius 1 is 0.800 bits per heavy atom. The molecule has 1 aromatic rings. The van der Waals surface area contributed by atoms with E-state index in [0.29, 0.717) is 0 Å². The molecule has 0 saturated heterocycles. The lowest BCUT2D eigenvalue weighted by molar-refractivity contribution is 0.633. The number of benzene rings is 1. The molecule has 0 fully saturated rings. The molecule has 0 spiro atoms. The molecule has 2 rings (SSSR count). The maximum atomic E-state index is 2.27. The Bertz CT molecular complexity index is 404. The van der Waals surface area contributed by atoms with E-state index < -0.39 is 0 Å². The third-order valence-electron chi connectivity index (χ3n) is 3.08. The molecule has 1 aliphatic rings. The highest BCUT2D eigenvalue weighted by molar-refractivity contribution is 5.70. The second-order valence-corrected chi connectivity index (χ2v) is 5.05. The van der Waals surface area contributed by atoms with E-state index in [9.17, 15) is 0 Å². The molecule has 0 amide bonds. The first kappa shape index (κ1) is 10.2. The number of rotatable bonds is 0. The van der Waals surface area contributed by atoms with Gasteiger partial charge in [0.05, 0.1) is 0 Å². The zero-order valence-corrected chi connectivity index (χ0v) is 9.96. The molecule has 0 radical (unpaired) electrons. The second kappa shape index (κ2) is 3.37. The quantitative estimate of drug-likeness (QED) is 0.580. The summed E-state index contributed by atoms with van der Waals surface area (Å²) < 4.78 is 0. The van der Waals surface area contributed by atoms with Crippen LogP contribution in [-0.4, -0.2) is 0 Å². The van der Waals surface area contributed by atoms with Crippen molar-refractivity contribution in [2.24, 2.45) is 5.41 Å². The lowest BCUT2D eigenvalue weighted by Gasteiger charge is -2.12. The molecular formula is C15H18. The van der Waals surface area contributed by atoms with E-state index in [0.717, 1.165) is 0 Å². The normalized spacial score (nSPS) is 17.3. The maximum Gasteiger partial charge on any atom is 0.00111 e. The van der Waals surface area contributed by atoms with E-state index in [1.165, 1.54) is 22.3 Å². The van der Waals surface area contributed by atoms with E-state index >= 15 is 0 Å². The standard InChI is InChI=1S/C15H18/c1-11-9-13-5-7-15(3,4)8-6-14(13)10-12(11)2/h5-10H,1-4H3. The summed E-state index contributed by atoms with van der Waals surface area (Å²) in [5.74, 6) is 0. The molecule has 0 bridgehead atoms. The van der Waals surface area contributed by atoms with Crippen molar-refractivity contribution in [3.8, 4) is 0 Å². The van der Waals surface area contributed by atoms with Crippen LogP contribution in [-0.2, 0) is 0 Å². The van der Waals surface area contributed by atoms with Crippen molar-refractivity contribution in [2.45, 2.75) is 27.7 Å². The number of hydrogen-bond donors (Lipinski definition) is 0. The van der Waals surface area contributed by atoms with Crippen molar-refractivity contribution in [3.63, 3.8) is 0 Å². The zero-order chi connectivity index (χ0) is 11.1. The lowest BCUT2D eigenvalue weighted by atomic mass is 9.93. The topological polar surface area (TPSA) is 0 Å². The van der Waals surface area contributed by atoms with Gasteiger partial charge in [0.1, 0.15) is 0 Å². The molecule has 0 saturated carbocycles. The average Bonchev–Trinajstić information content (AvgIpc) is 2.29. The minimum atomic E-state index is 0.167. The molecule has 0 aliphatic heterocycles. The van der Waals surface area contributed by atoms with Crippen molar-refractivity contribution >= 4 is 12.2 Å². The molecule has 78 valence electrons. The summed E-state index contributed by atoms with van der Waals surface area (Å²) >= 11 is 0. The Kier molecular flexibility index (Phi) is 2.30. The zero-order valence-electron chi connectivity index (χ0n) is 9.96. The molecule has 1 aliphatic carbocycles. The van der Waals surface area contributed by atoms with Crippen LogP contribution in [0.3, 0.4) is 0 Å². The Morgan fingerprint density at radius 3 is 1.60 bits per heavy atom. The molecule has 0 heteroatoms. The van der Waals surface area contributed by atoms with Gasteiger partial charge in [-0.15, -0.1) is 0 Å². The Labute approximate surface area is 92.3 Å². The van der Waals surface area contributed by atoms with Crippen LogP contribution in [0.5, 0.6) is 0 Å². The van der Waals surface area contributed by atoms with E-state index in [2.05, 4.69) is 64.1 Å². The highest BCUT2D eigenvalue weighted by atomic mass is 14.2. The van der Waals surface area contributed by atoms with Crippen molar-refractivity contribution < 1.29 is 0 Å². The predicted octanol–water partition coefficient (Wildman–Crippen LogP) is 4.37. The van der Waals surface area contributed by atoms with Gasteiger partial charge in [-0.05, 0) is 36.1 Å². The van der Waals surface area contributed by atoms with Crippen LogP contribution in [0.15, 0.2) is 24.3 Å². The SMILES string of the molecule is Cc1cc2c(cc1C)C=CC(C)(C)C=C2. The molecule has 0 atom stereocenters. The van der Waals surface area contributed by atoms with Crippen LogP contribution < -0.4 is 0 Å². The Morgan fingerprint density at radius 2 is 1.20 bits per heavy atom. The van der Waals surface area contributed by atoms with E-state index in [-0.39, 0.29) is 5.41 Å². The van der Waals surface area contributed by atoms with Gasteiger partial charge in [-0.3, -0.25) is 0 Å². The monoisotopic (exact) mass is 198 g/mol. The summed E-state index contributed by atoms with van der Waals surface area (Å²) in [5, 5.41) is 0. The maximum absolute atomic E-state index is 2.27. The van der Waals surface area contributed by atoms with Crippen molar-refractivity contribution in [1.29, 1.82) is 0 Å². The van der Waals surface area contributed by atoms with Crippen LogP contribution in [0, 0.1) is 19.3 Å². The third kappa shape index (κ3) is 2.04. The third-order valence-corrected chi connectivity index (χ3v) is 3.08. The molecule has 0 heterocycles. The van der Waals surface area contributed by atoms with Crippen LogP contribution >= 0.6 is 0 Å². The summed E-state index contributed by atoms with van der Waals surface area (Å²) in [7, 11) is 0. The number of aryl methyl sites for hydroxylation is 2. The number of fused-ring (bicyclic) bond motifs is 1. The molecular weight excluding hydrogens is 180 g/mol. The van der Waals surface area contributed by atoms with Gasteiger partial charge < -0.3 is 0 Å². The summed E-state index contributed by atoms with van der Waals surface area (Å²) in [6.07, 6.45) is 9.01. The molecule has 0 N–H and O–H groups in total. The molecule has 15 heavy (non-hydrogen) atoms. The van der Waals surface area contributed by atoms with Crippen molar-refractivity contribution in [2.75, 3.05) is 0 Å². The average molecular weight is 198 g/mol.